The molecule has 1 aliphatic heterocycles. The van der Waals surface area contributed by atoms with Crippen molar-refractivity contribution in [1.29, 1.82) is 0 Å². The number of H-pyrrole nitrogens is 1. The quantitative estimate of drug-likeness (QED) is 0.922. The highest BCUT2D eigenvalue weighted by atomic mass is 35.5. The summed E-state index contributed by atoms with van der Waals surface area (Å²) in [5.41, 5.74) is 1.95. The number of rotatable bonds is 3. The van der Waals surface area contributed by atoms with Gasteiger partial charge in [0.2, 0.25) is 0 Å². The SMILES string of the molecule is Cl.O=c1[nH]c2ccccc2n1CCN1CCCC1. The summed E-state index contributed by atoms with van der Waals surface area (Å²) in [4.78, 5) is 17.1. The molecule has 1 aromatic heterocycles. The van der Waals surface area contributed by atoms with Crippen LogP contribution in [0, 0.1) is 0 Å². The second-order valence-corrected chi connectivity index (χ2v) is 4.65. The maximum atomic E-state index is 11.8. The average molecular weight is 268 g/mol. The Morgan fingerprint density at radius 2 is 1.83 bits per heavy atom. The molecule has 4 nitrogen and oxygen atoms in total. The number of aromatic amines is 1. The first-order valence-corrected chi connectivity index (χ1v) is 6.24. The molecule has 0 radical (unpaired) electrons. The summed E-state index contributed by atoms with van der Waals surface area (Å²) < 4.78 is 1.84. The largest absolute Gasteiger partial charge is 0.326 e. The Balaban J connectivity index is 0.00000120. The lowest BCUT2D eigenvalue weighted by atomic mass is 10.3. The first-order chi connectivity index (χ1) is 8.34. The van der Waals surface area contributed by atoms with Gasteiger partial charge in [-0.25, -0.2) is 4.79 Å². The molecule has 18 heavy (non-hydrogen) atoms. The highest BCUT2D eigenvalue weighted by molar-refractivity contribution is 5.85. The summed E-state index contributed by atoms with van der Waals surface area (Å²) in [5.74, 6) is 0. The van der Waals surface area contributed by atoms with E-state index in [-0.39, 0.29) is 18.1 Å². The Morgan fingerprint density at radius 3 is 2.61 bits per heavy atom. The predicted octanol–water partition coefficient (Wildman–Crippen LogP) is 1.85. The Labute approximate surface area is 112 Å². The fraction of sp³-hybridized carbons (Fsp3) is 0.462. The lowest BCUT2D eigenvalue weighted by molar-refractivity contribution is 0.322. The second-order valence-electron chi connectivity index (χ2n) is 4.65. The highest BCUT2D eigenvalue weighted by Gasteiger charge is 2.12. The number of imidazole rings is 1. The fourth-order valence-corrected chi connectivity index (χ4v) is 2.58. The number of likely N-dealkylation sites (tertiary alicyclic amines) is 1. The van der Waals surface area contributed by atoms with E-state index in [1.54, 1.807) is 0 Å². The van der Waals surface area contributed by atoms with E-state index in [2.05, 4.69) is 9.88 Å². The number of aromatic nitrogens is 2. The van der Waals surface area contributed by atoms with Crippen LogP contribution in [0.25, 0.3) is 11.0 Å². The van der Waals surface area contributed by atoms with Gasteiger partial charge in [0.05, 0.1) is 11.0 Å². The summed E-state index contributed by atoms with van der Waals surface area (Å²) >= 11 is 0. The monoisotopic (exact) mass is 267 g/mol. The fourth-order valence-electron chi connectivity index (χ4n) is 2.58. The summed E-state index contributed by atoms with van der Waals surface area (Å²) in [7, 11) is 0. The van der Waals surface area contributed by atoms with Gasteiger partial charge in [-0.2, -0.15) is 0 Å². The lowest BCUT2D eigenvalue weighted by Gasteiger charge is -2.14. The number of hydrogen-bond acceptors (Lipinski definition) is 2. The van der Waals surface area contributed by atoms with Crippen molar-refractivity contribution in [2.75, 3.05) is 19.6 Å². The van der Waals surface area contributed by atoms with Crippen molar-refractivity contribution >= 4 is 23.4 Å². The van der Waals surface area contributed by atoms with Crippen molar-refractivity contribution in [2.45, 2.75) is 19.4 Å². The van der Waals surface area contributed by atoms with E-state index in [1.807, 2.05) is 28.8 Å². The smallest absolute Gasteiger partial charge is 0.306 e. The molecule has 0 aliphatic carbocycles. The zero-order valence-electron chi connectivity index (χ0n) is 10.3. The van der Waals surface area contributed by atoms with Crippen LogP contribution in [-0.2, 0) is 6.54 Å². The van der Waals surface area contributed by atoms with Crippen LogP contribution in [0.4, 0.5) is 0 Å². The van der Waals surface area contributed by atoms with Crippen LogP contribution in [0.2, 0.25) is 0 Å². The van der Waals surface area contributed by atoms with Gasteiger partial charge in [0.15, 0.2) is 0 Å². The molecule has 1 saturated heterocycles. The van der Waals surface area contributed by atoms with Gasteiger partial charge in [0.25, 0.3) is 0 Å². The first-order valence-electron chi connectivity index (χ1n) is 6.24. The molecule has 5 heteroatoms. The first kappa shape index (κ1) is 13.2. The van der Waals surface area contributed by atoms with E-state index in [1.165, 1.54) is 25.9 Å². The van der Waals surface area contributed by atoms with E-state index >= 15 is 0 Å². The van der Waals surface area contributed by atoms with Gasteiger partial charge in [0.1, 0.15) is 0 Å². The Bertz CT molecular complexity index is 569. The standard InChI is InChI=1S/C13H17N3O.ClH/c17-13-14-11-5-1-2-6-12(11)16(13)10-9-15-7-3-4-8-15;/h1-2,5-6H,3-4,7-10H2,(H,14,17);1H. The van der Waals surface area contributed by atoms with E-state index in [9.17, 15) is 4.79 Å². The van der Waals surface area contributed by atoms with E-state index < -0.39 is 0 Å². The third kappa shape index (κ3) is 2.44. The molecular formula is C13H18ClN3O. The zero-order chi connectivity index (χ0) is 11.7. The number of nitrogens with one attached hydrogen (secondary N) is 1. The van der Waals surface area contributed by atoms with Crippen molar-refractivity contribution in [3.05, 3.63) is 34.7 Å². The third-order valence-corrected chi connectivity index (χ3v) is 3.52. The normalized spacial score (nSPS) is 16.0. The molecule has 0 saturated carbocycles. The molecule has 0 unspecified atom stereocenters. The topological polar surface area (TPSA) is 41.0 Å². The molecule has 2 heterocycles. The van der Waals surface area contributed by atoms with Crippen molar-refractivity contribution in [1.82, 2.24) is 14.5 Å². The summed E-state index contributed by atoms with van der Waals surface area (Å²) in [6.45, 7) is 4.11. The molecule has 1 fully saturated rings. The molecule has 98 valence electrons. The van der Waals surface area contributed by atoms with Crippen LogP contribution < -0.4 is 5.69 Å². The van der Waals surface area contributed by atoms with Crippen LogP contribution in [0.1, 0.15) is 12.8 Å². The van der Waals surface area contributed by atoms with Crippen molar-refractivity contribution in [3.63, 3.8) is 0 Å². The summed E-state index contributed by atoms with van der Waals surface area (Å²) in [6, 6.07) is 7.87. The molecule has 0 atom stereocenters. The minimum absolute atomic E-state index is 0. The molecule has 0 spiro atoms. The van der Waals surface area contributed by atoms with Gasteiger partial charge in [-0.1, -0.05) is 12.1 Å². The van der Waals surface area contributed by atoms with E-state index in [0.29, 0.717) is 0 Å². The van der Waals surface area contributed by atoms with Crippen LogP contribution >= 0.6 is 12.4 Å². The number of halogens is 1. The van der Waals surface area contributed by atoms with Crippen molar-refractivity contribution < 1.29 is 0 Å². The minimum atomic E-state index is 0. The van der Waals surface area contributed by atoms with Crippen LogP contribution in [0.5, 0.6) is 0 Å². The Hall–Kier alpha value is -1.26. The summed E-state index contributed by atoms with van der Waals surface area (Å²) in [5, 5.41) is 0. The van der Waals surface area contributed by atoms with Crippen LogP contribution in [-0.4, -0.2) is 34.1 Å². The number of para-hydroxylation sites is 2. The Kier molecular flexibility index (Phi) is 4.09. The van der Waals surface area contributed by atoms with Gasteiger partial charge in [-0.05, 0) is 38.1 Å². The molecule has 3 rings (SSSR count). The van der Waals surface area contributed by atoms with E-state index in [0.717, 1.165) is 24.1 Å². The van der Waals surface area contributed by atoms with Crippen LogP contribution in [0.15, 0.2) is 29.1 Å². The molecule has 1 aliphatic rings. The lowest BCUT2D eigenvalue weighted by Crippen LogP contribution is -2.28. The zero-order valence-corrected chi connectivity index (χ0v) is 11.1. The van der Waals surface area contributed by atoms with Crippen LogP contribution in [0.3, 0.4) is 0 Å². The maximum Gasteiger partial charge on any atom is 0.326 e. The predicted molar refractivity (Wildman–Crippen MR) is 75.5 cm³/mol. The molecule has 0 bridgehead atoms. The molecule has 0 amide bonds. The number of benzene rings is 1. The van der Waals surface area contributed by atoms with Crippen molar-refractivity contribution in [3.8, 4) is 0 Å². The molecular weight excluding hydrogens is 250 g/mol. The van der Waals surface area contributed by atoms with Gasteiger partial charge < -0.3 is 9.88 Å². The number of fused-ring (bicyclic) bond motifs is 1. The molecule has 1 aromatic carbocycles. The molecule has 2 aromatic rings. The van der Waals surface area contributed by atoms with Gasteiger partial charge in [-0.3, -0.25) is 4.57 Å². The van der Waals surface area contributed by atoms with E-state index in [4.69, 9.17) is 0 Å². The van der Waals surface area contributed by atoms with Crippen molar-refractivity contribution in [2.24, 2.45) is 0 Å². The third-order valence-electron chi connectivity index (χ3n) is 3.52. The number of hydrogen-bond donors (Lipinski definition) is 1. The average Bonchev–Trinajstić information content (AvgIpc) is 2.93. The van der Waals surface area contributed by atoms with Gasteiger partial charge in [0, 0.05) is 13.1 Å². The summed E-state index contributed by atoms with van der Waals surface area (Å²) in [6.07, 6.45) is 2.59. The Morgan fingerprint density at radius 1 is 1.11 bits per heavy atom. The second kappa shape index (κ2) is 5.59. The highest BCUT2D eigenvalue weighted by Crippen LogP contribution is 2.10. The number of nitrogens with zero attached hydrogens (tertiary/aromatic N) is 2. The van der Waals surface area contributed by atoms with Gasteiger partial charge >= 0.3 is 5.69 Å². The van der Waals surface area contributed by atoms with Gasteiger partial charge in [-0.15, -0.1) is 12.4 Å². The molecule has 1 N–H and O–H groups in total. The minimum Gasteiger partial charge on any atom is -0.306 e. The maximum absolute atomic E-state index is 11.8.